The van der Waals surface area contributed by atoms with Crippen molar-refractivity contribution in [1.82, 2.24) is 10.8 Å². The Bertz CT molecular complexity index is 280. The molecule has 84 valence electrons. The molecular formula is C10H15ClN2O2. The average molecular weight is 231 g/mol. The maximum atomic E-state index is 10.6. The summed E-state index contributed by atoms with van der Waals surface area (Å²) in [5.41, 5.74) is 2.76. The summed E-state index contributed by atoms with van der Waals surface area (Å²) in [5, 5.41) is 11.3. The fraction of sp³-hybridized carbons (Fsp3) is 0.300. The molecule has 1 amide bonds. The van der Waals surface area contributed by atoms with E-state index in [4.69, 9.17) is 5.21 Å². The maximum Gasteiger partial charge on any atom is 0.244 e. The number of halogens is 1. The van der Waals surface area contributed by atoms with Crippen molar-refractivity contribution in [1.29, 1.82) is 0 Å². The fourth-order valence-electron chi connectivity index (χ4n) is 1.09. The van der Waals surface area contributed by atoms with Crippen molar-refractivity contribution in [2.45, 2.75) is 13.0 Å². The van der Waals surface area contributed by atoms with Crippen LogP contribution in [0.15, 0.2) is 30.3 Å². The van der Waals surface area contributed by atoms with E-state index in [0.29, 0.717) is 6.54 Å². The molecule has 0 unspecified atom stereocenters. The minimum atomic E-state index is -0.370. The molecule has 0 aromatic heterocycles. The molecule has 0 saturated heterocycles. The van der Waals surface area contributed by atoms with Crippen molar-refractivity contribution in [2.24, 2.45) is 0 Å². The van der Waals surface area contributed by atoms with Crippen LogP contribution in [0.4, 0.5) is 0 Å². The highest BCUT2D eigenvalue weighted by atomic mass is 35.5. The molecule has 0 aliphatic heterocycles. The van der Waals surface area contributed by atoms with E-state index in [1.807, 2.05) is 30.3 Å². The van der Waals surface area contributed by atoms with Gasteiger partial charge < -0.3 is 5.32 Å². The number of amides is 1. The number of benzene rings is 1. The van der Waals surface area contributed by atoms with Crippen LogP contribution in [0.25, 0.3) is 0 Å². The number of carbonyl (C=O) groups is 1. The van der Waals surface area contributed by atoms with Gasteiger partial charge in [0, 0.05) is 19.5 Å². The van der Waals surface area contributed by atoms with E-state index in [1.165, 1.54) is 5.56 Å². The smallest absolute Gasteiger partial charge is 0.244 e. The molecule has 0 saturated carbocycles. The van der Waals surface area contributed by atoms with Gasteiger partial charge in [-0.2, -0.15) is 0 Å². The predicted molar refractivity (Wildman–Crippen MR) is 59.9 cm³/mol. The Kier molecular flexibility index (Phi) is 7.62. The third kappa shape index (κ3) is 6.06. The lowest BCUT2D eigenvalue weighted by Gasteiger charge is -2.03. The second kappa shape index (κ2) is 8.23. The van der Waals surface area contributed by atoms with E-state index >= 15 is 0 Å². The number of hydrogen-bond acceptors (Lipinski definition) is 3. The predicted octanol–water partition coefficient (Wildman–Crippen LogP) is 1.09. The molecular weight excluding hydrogens is 216 g/mol. The van der Waals surface area contributed by atoms with Gasteiger partial charge in [-0.05, 0) is 5.56 Å². The minimum Gasteiger partial charge on any atom is -0.312 e. The van der Waals surface area contributed by atoms with E-state index in [2.05, 4.69) is 5.32 Å². The summed E-state index contributed by atoms with van der Waals surface area (Å²) in [6.45, 7) is 1.29. The quantitative estimate of drug-likeness (QED) is 0.403. The lowest BCUT2D eigenvalue weighted by atomic mass is 10.2. The Morgan fingerprint density at radius 2 is 1.93 bits per heavy atom. The van der Waals surface area contributed by atoms with Gasteiger partial charge in [0.05, 0.1) is 0 Å². The molecule has 0 spiro atoms. The van der Waals surface area contributed by atoms with Gasteiger partial charge in [0.25, 0.3) is 0 Å². The van der Waals surface area contributed by atoms with Crippen LogP contribution >= 0.6 is 12.4 Å². The van der Waals surface area contributed by atoms with E-state index in [1.54, 1.807) is 5.48 Å². The SMILES string of the molecule is Cl.O=C(CCNCc1ccccc1)NO. The van der Waals surface area contributed by atoms with Gasteiger partial charge in [-0.1, -0.05) is 30.3 Å². The summed E-state index contributed by atoms with van der Waals surface area (Å²) in [5.74, 6) is -0.370. The first-order valence-electron chi connectivity index (χ1n) is 4.50. The molecule has 1 aromatic rings. The molecule has 0 fully saturated rings. The van der Waals surface area contributed by atoms with Gasteiger partial charge in [0.15, 0.2) is 0 Å². The Labute approximate surface area is 95.1 Å². The fourth-order valence-corrected chi connectivity index (χ4v) is 1.09. The van der Waals surface area contributed by atoms with Gasteiger partial charge >= 0.3 is 0 Å². The van der Waals surface area contributed by atoms with Crippen LogP contribution in [-0.4, -0.2) is 17.7 Å². The highest BCUT2D eigenvalue weighted by Crippen LogP contribution is 1.96. The average Bonchev–Trinajstić information content (AvgIpc) is 2.25. The molecule has 1 aromatic carbocycles. The number of hydrogen-bond donors (Lipinski definition) is 3. The monoisotopic (exact) mass is 230 g/mol. The highest BCUT2D eigenvalue weighted by molar-refractivity contribution is 5.85. The summed E-state index contributed by atoms with van der Waals surface area (Å²) in [6, 6.07) is 9.93. The Morgan fingerprint density at radius 1 is 1.27 bits per heavy atom. The first kappa shape index (κ1) is 13.9. The molecule has 3 N–H and O–H groups in total. The summed E-state index contributed by atoms with van der Waals surface area (Å²) < 4.78 is 0. The topological polar surface area (TPSA) is 61.4 Å². The zero-order valence-corrected chi connectivity index (χ0v) is 9.09. The second-order valence-electron chi connectivity index (χ2n) is 2.95. The molecule has 4 nitrogen and oxygen atoms in total. The number of rotatable bonds is 5. The molecule has 0 bridgehead atoms. The second-order valence-corrected chi connectivity index (χ2v) is 2.95. The minimum absolute atomic E-state index is 0. The van der Waals surface area contributed by atoms with Crippen LogP contribution in [0.1, 0.15) is 12.0 Å². The van der Waals surface area contributed by atoms with Crippen molar-refractivity contribution in [3.63, 3.8) is 0 Å². The first-order valence-corrected chi connectivity index (χ1v) is 4.50. The van der Waals surface area contributed by atoms with Gasteiger partial charge in [0.2, 0.25) is 5.91 Å². The largest absolute Gasteiger partial charge is 0.312 e. The molecule has 0 aliphatic rings. The normalized spacial score (nSPS) is 9.13. The maximum absolute atomic E-state index is 10.6. The number of hydroxylamine groups is 1. The van der Waals surface area contributed by atoms with E-state index in [-0.39, 0.29) is 24.7 Å². The molecule has 0 radical (unpaired) electrons. The Balaban J connectivity index is 0.00000196. The van der Waals surface area contributed by atoms with Crippen LogP contribution in [0.3, 0.4) is 0 Å². The number of nitrogens with one attached hydrogen (secondary N) is 2. The first-order chi connectivity index (χ1) is 6.83. The van der Waals surface area contributed by atoms with Gasteiger partial charge in [-0.3, -0.25) is 10.0 Å². The molecule has 0 aliphatic carbocycles. The van der Waals surface area contributed by atoms with Crippen LogP contribution in [0.5, 0.6) is 0 Å². The summed E-state index contributed by atoms with van der Waals surface area (Å²) in [7, 11) is 0. The van der Waals surface area contributed by atoms with Crippen molar-refractivity contribution in [2.75, 3.05) is 6.54 Å². The number of carbonyl (C=O) groups excluding carboxylic acids is 1. The lowest BCUT2D eigenvalue weighted by Crippen LogP contribution is -2.24. The van der Waals surface area contributed by atoms with Crippen molar-refractivity contribution >= 4 is 18.3 Å². The zero-order chi connectivity index (χ0) is 10.2. The molecule has 0 heterocycles. The van der Waals surface area contributed by atoms with Crippen molar-refractivity contribution in [3.05, 3.63) is 35.9 Å². The third-order valence-electron chi connectivity index (χ3n) is 1.83. The van der Waals surface area contributed by atoms with Crippen LogP contribution in [0, 0.1) is 0 Å². The summed E-state index contributed by atoms with van der Waals surface area (Å²) in [6.07, 6.45) is 0.281. The molecule has 1 rings (SSSR count). The van der Waals surface area contributed by atoms with E-state index in [0.717, 1.165) is 6.54 Å². The van der Waals surface area contributed by atoms with Crippen LogP contribution in [-0.2, 0) is 11.3 Å². The standard InChI is InChI=1S/C10H14N2O2.ClH/c13-10(12-14)6-7-11-8-9-4-2-1-3-5-9;/h1-5,11,14H,6-8H2,(H,12,13);1H. The summed E-state index contributed by atoms with van der Waals surface area (Å²) >= 11 is 0. The third-order valence-corrected chi connectivity index (χ3v) is 1.83. The Morgan fingerprint density at radius 3 is 2.53 bits per heavy atom. The van der Waals surface area contributed by atoms with Gasteiger partial charge in [-0.25, -0.2) is 5.48 Å². The van der Waals surface area contributed by atoms with Crippen molar-refractivity contribution in [3.8, 4) is 0 Å². The van der Waals surface area contributed by atoms with Crippen LogP contribution in [0.2, 0.25) is 0 Å². The van der Waals surface area contributed by atoms with Crippen molar-refractivity contribution < 1.29 is 10.0 Å². The Hall–Kier alpha value is -1.10. The van der Waals surface area contributed by atoms with Crippen LogP contribution < -0.4 is 10.8 Å². The highest BCUT2D eigenvalue weighted by Gasteiger charge is 1.97. The molecule has 5 heteroatoms. The zero-order valence-electron chi connectivity index (χ0n) is 8.27. The lowest BCUT2D eigenvalue weighted by molar-refractivity contribution is -0.129. The molecule has 0 atom stereocenters. The molecule has 15 heavy (non-hydrogen) atoms. The van der Waals surface area contributed by atoms with E-state index in [9.17, 15) is 4.79 Å². The van der Waals surface area contributed by atoms with Gasteiger partial charge in [-0.15, -0.1) is 12.4 Å². The summed E-state index contributed by atoms with van der Waals surface area (Å²) in [4.78, 5) is 10.6. The van der Waals surface area contributed by atoms with E-state index < -0.39 is 0 Å². The van der Waals surface area contributed by atoms with Gasteiger partial charge in [0.1, 0.15) is 0 Å².